The molecule has 5 heteroatoms. The first-order chi connectivity index (χ1) is 6.50. The Morgan fingerprint density at radius 2 is 2.21 bits per heavy atom. The fourth-order valence-corrected chi connectivity index (χ4v) is 2.74. The van der Waals surface area contributed by atoms with Gasteiger partial charge in [-0.15, -0.1) is 11.3 Å². The van der Waals surface area contributed by atoms with Gasteiger partial charge in [0.05, 0.1) is 14.7 Å². The van der Waals surface area contributed by atoms with Crippen molar-refractivity contribution < 1.29 is 4.79 Å². The monoisotopic (exact) mass is 293 g/mol. The molecule has 1 N–H and O–H groups in total. The van der Waals surface area contributed by atoms with Crippen molar-refractivity contribution in [2.24, 2.45) is 0 Å². The molecule has 2 atom stereocenters. The average Bonchev–Trinajstić information content (AvgIpc) is 2.49. The van der Waals surface area contributed by atoms with Gasteiger partial charge in [0, 0.05) is 5.37 Å². The summed E-state index contributed by atoms with van der Waals surface area (Å²) in [5.74, 6) is 0.113. The lowest BCUT2D eigenvalue weighted by molar-refractivity contribution is 0.0954. The van der Waals surface area contributed by atoms with E-state index in [4.69, 9.17) is 0 Å². The van der Waals surface area contributed by atoms with Crippen LogP contribution in [-0.4, -0.2) is 17.2 Å². The molecule has 14 heavy (non-hydrogen) atoms. The molecule has 0 spiro atoms. The minimum atomic E-state index is -0.187. The van der Waals surface area contributed by atoms with Crippen LogP contribution in [0.5, 0.6) is 0 Å². The Balaban J connectivity index is 2.65. The number of hydrogen-bond donors (Lipinski definition) is 2. The van der Waals surface area contributed by atoms with Gasteiger partial charge in [-0.25, -0.2) is 0 Å². The SMILES string of the molecule is CC(S)NC(C)C(=O)c1ccc(Br)s1. The fourth-order valence-electron chi connectivity index (χ4n) is 1.10. The predicted octanol–water partition coefficient (Wildman–Crippen LogP) is 2.95. The second kappa shape index (κ2) is 5.30. The second-order valence-electron chi connectivity index (χ2n) is 3.03. The van der Waals surface area contributed by atoms with Crippen LogP contribution in [0.25, 0.3) is 0 Å². The van der Waals surface area contributed by atoms with Gasteiger partial charge < -0.3 is 0 Å². The first-order valence-corrected chi connectivity index (χ1v) is 6.37. The molecule has 1 heterocycles. The Bertz CT molecular complexity index is 324. The fraction of sp³-hybridized carbons (Fsp3) is 0.444. The summed E-state index contributed by atoms with van der Waals surface area (Å²) in [5.41, 5.74) is 0. The summed E-state index contributed by atoms with van der Waals surface area (Å²) in [6.45, 7) is 3.75. The van der Waals surface area contributed by atoms with Crippen molar-refractivity contribution in [1.82, 2.24) is 5.32 Å². The molecule has 0 bridgehead atoms. The summed E-state index contributed by atoms with van der Waals surface area (Å²) in [4.78, 5) is 12.6. The van der Waals surface area contributed by atoms with Gasteiger partial charge in [0.15, 0.2) is 5.78 Å². The number of carbonyl (C=O) groups is 1. The molecule has 0 fully saturated rings. The Kier molecular flexibility index (Phi) is 4.63. The van der Waals surface area contributed by atoms with Gasteiger partial charge in [0.2, 0.25) is 0 Å². The minimum absolute atomic E-state index is 0.0253. The van der Waals surface area contributed by atoms with E-state index < -0.39 is 0 Å². The molecule has 1 rings (SSSR count). The van der Waals surface area contributed by atoms with E-state index in [1.54, 1.807) is 0 Å². The number of carbonyl (C=O) groups excluding carboxylic acids is 1. The van der Waals surface area contributed by atoms with E-state index in [-0.39, 0.29) is 17.2 Å². The number of thiol groups is 1. The highest BCUT2D eigenvalue weighted by Gasteiger charge is 2.17. The summed E-state index contributed by atoms with van der Waals surface area (Å²) < 4.78 is 0.979. The molecule has 0 aromatic carbocycles. The van der Waals surface area contributed by atoms with Crippen molar-refractivity contribution in [3.63, 3.8) is 0 Å². The van der Waals surface area contributed by atoms with Gasteiger partial charge >= 0.3 is 0 Å². The smallest absolute Gasteiger partial charge is 0.189 e. The Morgan fingerprint density at radius 3 is 2.64 bits per heavy atom. The van der Waals surface area contributed by atoms with Crippen LogP contribution in [0.4, 0.5) is 0 Å². The number of rotatable bonds is 4. The predicted molar refractivity (Wildman–Crippen MR) is 67.4 cm³/mol. The van der Waals surface area contributed by atoms with E-state index in [0.29, 0.717) is 0 Å². The average molecular weight is 294 g/mol. The lowest BCUT2D eigenvalue weighted by Gasteiger charge is -2.13. The maximum Gasteiger partial charge on any atom is 0.189 e. The molecule has 0 saturated heterocycles. The van der Waals surface area contributed by atoms with Crippen LogP contribution < -0.4 is 5.32 Å². The highest BCUT2D eigenvalue weighted by molar-refractivity contribution is 9.11. The van der Waals surface area contributed by atoms with Crippen molar-refractivity contribution in [1.29, 1.82) is 0 Å². The van der Waals surface area contributed by atoms with Crippen molar-refractivity contribution in [3.8, 4) is 0 Å². The summed E-state index contributed by atoms with van der Waals surface area (Å²) in [5, 5.41) is 3.08. The van der Waals surface area contributed by atoms with Crippen molar-refractivity contribution >= 4 is 45.7 Å². The second-order valence-corrected chi connectivity index (χ2v) is 6.27. The lowest BCUT2D eigenvalue weighted by atomic mass is 10.2. The largest absolute Gasteiger partial charge is 0.296 e. The summed E-state index contributed by atoms with van der Waals surface area (Å²) >= 11 is 8.97. The van der Waals surface area contributed by atoms with E-state index in [2.05, 4.69) is 33.9 Å². The van der Waals surface area contributed by atoms with E-state index >= 15 is 0 Å². The topological polar surface area (TPSA) is 29.1 Å². The van der Waals surface area contributed by atoms with E-state index in [0.717, 1.165) is 8.66 Å². The summed E-state index contributed by atoms with van der Waals surface area (Å²) in [7, 11) is 0. The van der Waals surface area contributed by atoms with Crippen LogP contribution in [0.2, 0.25) is 0 Å². The van der Waals surface area contributed by atoms with Gasteiger partial charge in [-0.2, -0.15) is 12.6 Å². The molecule has 78 valence electrons. The zero-order chi connectivity index (χ0) is 10.7. The van der Waals surface area contributed by atoms with Crippen molar-refractivity contribution in [2.75, 3.05) is 0 Å². The molecule has 0 amide bonds. The molecule has 0 aliphatic rings. The van der Waals surface area contributed by atoms with Crippen LogP contribution in [0.15, 0.2) is 15.9 Å². The normalized spacial score (nSPS) is 15.1. The molecule has 1 aromatic heterocycles. The number of Topliss-reactive ketones (excluding diaryl/α,β-unsaturated/α-hetero) is 1. The van der Waals surface area contributed by atoms with Gasteiger partial charge in [0.1, 0.15) is 0 Å². The third-order valence-corrected chi connectivity index (χ3v) is 3.49. The van der Waals surface area contributed by atoms with Gasteiger partial charge in [0.25, 0.3) is 0 Å². The van der Waals surface area contributed by atoms with Crippen molar-refractivity contribution in [2.45, 2.75) is 25.3 Å². The molecule has 2 nitrogen and oxygen atoms in total. The van der Waals surface area contributed by atoms with Gasteiger partial charge in [-0.1, -0.05) is 0 Å². The Hall–Kier alpha value is 0.160. The third-order valence-electron chi connectivity index (χ3n) is 1.70. The summed E-state index contributed by atoms with van der Waals surface area (Å²) in [6, 6.07) is 3.53. The van der Waals surface area contributed by atoms with E-state index in [9.17, 15) is 4.79 Å². The molecule has 0 saturated carbocycles. The third kappa shape index (κ3) is 3.38. The number of nitrogens with one attached hydrogen (secondary N) is 1. The highest BCUT2D eigenvalue weighted by Crippen LogP contribution is 2.23. The molecular formula is C9H12BrNOS2. The van der Waals surface area contributed by atoms with Crippen molar-refractivity contribution in [3.05, 3.63) is 20.8 Å². The Morgan fingerprint density at radius 1 is 1.57 bits per heavy atom. The van der Waals surface area contributed by atoms with Gasteiger partial charge in [-0.05, 0) is 41.9 Å². The zero-order valence-electron chi connectivity index (χ0n) is 7.95. The quantitative estimate of drug-likeness (QED) is 0.508. The molecular weight excluding hydrogens is 282 g/mol. The number of hydrogen-bond acceptors (Lipinski definition) is 4. The van der Waals surface area contributed by atoms with Crippen LogP contribution in [0.1, 0.15) is 23.5 Å². The lowest BCUT2D eigenvalue weighted by Crippen LogP contribution is -2.37. The van der Waals surface area contributed by atoms with Crippen LogP contribution in [-0.2, 0) is 0 Å². The highest BCUT2D eigenvalue weighted by atomic mass is 79.9. The first-order valence-electron chi connectivity index (χ1n) is 4.24. The standard InChI is InChI=1S/C9H12BrNOS2/c1-5(11-6(2)13)9(12)7-3-4-8(10)14-7/h3-6,11,13H,1-2H3. The Labute approximate surface area is 102 Å². The molecule has 2 unspecified atom stereocenters. The molecule has 0 radical (unpaired) electrons. The molecule has 1 aromatic rings. The number of ketones is 1. The number of halogens is 1. The maximum atomic E-state index is 11.8. The minimum Gasteiger partial charge on any atom is -0.296 e. The molecule has 0 aliphatic carbocycles. The maximum absolute atomic E-state index is 11.8. The van der Waals surface area contributed by atoms with Crippen LogP contribution in [0, 0.1) is 0 Å². The first kappa shape index (κ1) is 12.2. The molecule has 0 aliphatic heterocycles. The van der Waals surface area contributed by atoms with Crippen LogP contribution in [0.3, 0.4) is 0 Å². The number of thiophene rings is 1. The van der Waals surface area contributed by atoms with E-state index in [1.807, 2.05) is 26.0 Å². The van der Waals surface area contributed by atoms with Gasteiger partial charge in [-0.3, -0.25) is 10.1 Å². The van der Waals surface area contributed by atoms with E-state index in [1.165, 1.54) is 11.3 Å². The zero-order valence-corrected chi connectivity index (χ0v) is 11.2. The van der Waals surface area contributed by atoms with Crippen LogP contribution >= 0.6 is 39.9 Å². The summed E-state index contributed by atoms with van der Waals surface area (Å²) in [6.07, 6.45) is 0.